The van der Waals surface area contributed by atoms with E-state index in [2.05, 4.69) is 34.6 Å². The SMILES string of the molecule is CC(C)CCC[C@@H](C)[C@H]1CC[C@H]2[C@@H]3CC(=O)C4CC(N)CC[C@]4(C)[C@H]3CC[C@]12C.Cl. The van der Waals surface area contributed by atoms with E-state index in [0.29, 0.717) is 17.1 Å². The molecule has 0 amide bonds. The Hall–Kier alpha value is -0.0800. The summed E-state index contributed by atoms with van der Waals surface area (Å²) in [6.07, 6.45) is 13.8. The first-order valence-corrected chi connectivity index (χ1v) is 12.9. The number of fused-ring (bicyclic) bond motifs is 5. The second kappa shape index (κ2) is 9.05. The van der Waals surface area contributed by atoms with Crippen LogP contribution in [0.4, 0.5) is 0 Å². The maximum atomic E-state index is 13.3. The number of carbonyl (C=O) groups is 1. The van der Waals surface area contributed by atoms with Crippen LogP contribution in [0.25, 0.3) is 0 Å². The van der Waals surface area contributed by atoms with Gasteiger partial charge in [0.05, 0.1) is 0 Å². The van der Waals surface area contributed by atoms with Crippen molar-refractivity contribution in [3.8, 4) is 0 Å². The Morgan fingerprint density at radius 3 is 2.33 bits per heavy atom. The second-order valence-electron chi connectivity index (χ2n) is 12.7. The molecule has 2 N–H and O–H groups in total. The average Bonchev–Trinajstić information content (AvgIpc) is 3.00. The standard InChI is InChI=1S/C27H47NO.ClH/c1-17(2)7-6-8-18(3)21-9-10-22-20-16-25(29)24-15-19(28)11-13-27(24,5)23(20)12-14-26(21,22)4;/h17-24H,6-16,28H2,1-5H3;1H/t18-,19?,20+,21-,22+,23+,24?,26-,27-;/m1./s1. The minimum absolute atomic E-state index is 0. The number of nitrogens with two attached hydrogens (primary N) is 1. The van der Waals surface area contributed by atoms with Crippen molar-refractivity contribution in [3.63, 3.8) is 0 Å². The van der Waals surface area contributed by atoms with Crippen molar-refractivity contribution in [2.75, 3.05) is 0 Å². The highest BCUT2D eigenvalue weighted by Crippen LogP contribution is 2.67. The fraction of sp³-hybridized carbons (Fsp3) is 0.963. The fourth-order valence-electron chi connectivity index (χ4n) is 9.09. The van der Waals surface area contributed by atoms with Gasteiger partial charge in [0.25, 0.3) is 0 Å². The molecule has 0 aromatic carbocycles. The van der Waals surface area contributed by atoms with Gasteiger partial charge in [-0.05, 0) is 91.3 Å². The molecule has 9 atom stereocenters. The maximum Gasteiger partial charge on any atom is 0.136 e. The van der Waals surface area contributed by atoms with Crippen LogP contribution in [0.3, 0.4) is 0 Å². The molecule has 174 valence electrons. The first kappa shape index (κ1) is 24.6. The number of carbonyl (C=O) groups excluding carboxylic acids is 1. The summed E-state index contributed by atoms with van der Waals surface area (Å²) < 4.78 is 0. The predicted octanol–water partition coefficient (Wildman–Crippen LogP) is 7.04. The van der Waals surface area contributed by atoms with Crippen LogP contribution in [-0.2, 0) is 4.79 Å². The summed E-state index contributed by atoms with van der Waals surface area (Å²) in [4.78, 5) is 13.3. The first-order chi connectivity index (χ1) is 13.7. The van der Waals surface area contributed by atoms with Gasteiger partial charge in [0, 0.05) is 18.4 Å². The highest BCUT2D eigenvalue weighted by Gasteiger charge is 2.62. The fourth-order valence-corrected chi connectivity index (χ4v) is 9.09. The number of hydrogen-bond acceptors (Lipinski definition) is 2. The lowest BCUT2D eigenvalue weighted by molar-refractivity contribution is -0.155. The number of rotatable bonds is 5. The molecular weight excluding hydrogens is 390 g/mol. The summed E-state index contributed by atoms with van der Waals surface area (Å²) in [5.74, 6) is 5.59. The molecule has 0 aromatic rings. The molecule has 4 saturated carbocycles. The quantitative estimate of drug-likeness (QED) is 0.501. The van der Waals surface area contributed by atoms with Crippen LogP contribution < -0.4 is 5.73 Å². The van der Waals surface area contributed by atoms with E-state index in [1.807, 2.05) is 0 Å². The van der Waals surface area contributed by atoms with E-state index in [4.69, 9.17) is 5.73 Å². The van der Waals surface area contributed by atoms with Crippen LogP contribution >= 0.6 is 12.4 Å². The third-order valence-corrected chi connectivity index (χ3v) is 10.7. The Kier molecular flexibility index (Phi) is 7.41. The van der Waals surface area contributed by atoms with Crippen molar-refractivity contribution in [1.29, 1.82) is 0 Å². The summed E-state index contributed by atoms with van der Waals surface area (Å²) in [5, 5.41) is 0. The Morgan fingerprint density at radius 2 is 1.63 bits per heavy atom. The highest BCUT2D eigenvalue weighted by atomic mass is 35.5. The normalized spacial score (nSPS) is 46.6. The number of hydrogen-bond donors (Lipinski definition) is 1. The smallest absolute Gasteiger partial charge is 0.136 e. The molecule has 0 bridgehead atoms. The van der Waals surface area contributed by atoms with Gasteiger partial charge in [-0.2, -0.15) is 0 Å². The minimum atomic E-state index is 0. The zero-order valence-corrected chi connectivity index (χ0v) is 21.1. The van der Waals surface area contributed by atoms with E-state index in [0.717, 1.165) is 48.9 Å². The molecule has 30 heavy (non-hydrogen) atoms. The molecule has 2 nitrogen and oxygen atoms in total. The Bertz CT molecular complexity index is 620. The van der Waals surface area contributed by atoms with Crippen molar-refractivity contribution in [3.05, 3.63) is 0 Å². The van der Waals surface area contributed by atoms with Gasteiger partial charge in [0.1, 0.15) is 5.78 Å². The third kappa shape index (κ3) is 4.02. The number of halogens is 1. The highest BCUT2D eigenvalue weighted by molar-refractivity contribution is 5.85. The van der Waals surface area contributed by atoms with Crippen LogP contribution in [0.1, 0.15) is 105 Å². The number of Topliss-reactive ketones (excluding diaryl/α,β-unsaturated/α-hetero) is 1. The molecule has 0 spiro atoms. The van der Waals surface area contributed by atoms with Gasteiger partial charge in [-0.25, -0.2) is 0 Å². The van der Waals surface area contributed by atoms with E-state index in [1.54, 1.807) is 0 Å². The molecule has 0 radical (unpaired) electrons. The topological polar surface area (TPSA) is 43.1 Å². The molecule has 0 saturated heterocycles. The molecule has 2 unspecified atom stereocenters. The second-order valence-corrected chi connectivity index (χ2v) is 12.7. The molecular formula is C27H48ClNO. The van der Waals surface area contributed by atoms with Crippen molar-refractivity contribution in [2.24, 2.45) is 58.0 Å². The van der Waals surface area contributed by atoms with E-state index >= 15 is 0 Å². The van der Waals surface area contributed by atoms with Gasteiger partial charge in [-0.15, -0.1) is 12.4 Å². The lowest BCUT2D eigenvalue weighted by atomic mass is 9.44. The van der Waals surface area contributed by atoms with Crippen molar-refractivity contribution >= 4 is 18.2 Å². The molecule has 4 fully saturated rings. The van der Waals surface area contributed by atoms with Gasteiger partial charge >= 0.3 is 0 Å². The summed E-state index contributed by atoms with van der Waals surface area (Å²) >= 11 is 0. The molecule has 0 aromatic heterocycles. The molecule has 4 rings (SSSR count). The van der Waals surface area contributed by atoms with Crippen LogP contribution in [0.2, 0.25) is 0 Å². The lowest BCUT2D eigenvalue weighted by Crippen LogP contribution is -2.57. The summed E-state index contributed by atoms with van der Waals surface area (Å²) in [5.41, 5.74) is 7.01. The third-order valence-electron chi connectivity index (χ3n) is 10.7. The van der Waals surface area contributed by atoms with Gasteiger partial charge in [-0.3, -0.25) is 4.79 Å². The summed E-state index contributed by atoms with van der Waals surface area (Å²) in [6, 6.07) is 0.255. The van der Waals surface area contributed by atoms with Crippen LogP contribution in [0.15, 0.2) is 0 Å². The van der Waals surface area contributed by atoms with Gasteiger partial charge < -0.3 is 5.73 Å². The van der Waals surface area contributed by atoms with Crippen LogP contribution in [-0.4, -0.2) is 11.8 Å². The monoisotopic (exact) mass is 437 g/mol. The molecule has 4 aliphatic carbocycles. The van der Waals surface area contributed by atoms with Gasteiger partial charge in [0.15, 0.2) is 0 Å². The Morgan fingerprint density at radius 1 is 0.967 bits per heavy atom. The maximum absolute atomic E-state index is 13.3. The predicted molar refractivity (Wildman–Crippen MR) is 129 cm³/mol. The van der Waals surface area contributed by atoms with Crippen LogP contribution in [0, 0.1) is 52.3 Å². The minimum Gasteiger partial charge on any atom is -0.328 e. The molecule has 0 aliphatic heterocycles. The largest absolute Gasteiger partial charge is 0.328 e. The summed E-state index contributed by atoms with van der Waals surface area (Å²) in [6.45, 7) is 12.3. The molecule has 4 aliphatic rings. The average molecular weight is 438 g/mol. The summed E-state index contributed by atoms with van der Waals surface area (Å²) in [7, 11) is 0. The lowest BCUT2D eigenvalue weighted by Gasteiger charge is -2.60. The van der Waals surface area contributed by atoms with E-state index in [9.17, 15) is 4.79 Å². The Labute approximate surface area is 192 Å². The zero-order valence-electron chi connectivity index (χ0n) is 20.3. The van der Waals surface area contributed by atoms with Gasteiger partial charge in [-0.1, -0.05) is 53.9 Å². The van der Waals surface area contributed by atoms with E-state index in [-0.39, 0.29) is 29.8 Å². The first-order valence-electron chi connectivity index (χ1n) is 12.9. The molecule has 3 heteroatoms. The Balaban J connectivity index is 0.00000256. The zero-order chi connectivity index (χ0) is 21.0. The molecule has 0 heterocycles. The van der Waals surface area contributed by atoms with Crippen LogP contribution in [0.5, 0.6) is 0 Å². The van der Waals surface area contributed by atoms with Gasteiger partial charge in [0.2, 0.25) is 0 Å². The van der Waals surface area contributed by atoms with Crippen molar-refractivity contribution in [2.45, 2.75) is 111 Å². The van der Waals surface area contributed by atoms with Crippen molar-refractivity contribution < 1.29 is 4.79 Å². The number of ketones is 1. The van der Waals surface area contributed by atoms with Crippen molar-refractivity contribution in [1.82, 2.24) is 0 Å². The van der Waals surface area contributed by atoms with E-state index < -0.39 is 0 Å². The van der Waals surface area contributed by atoms with E-state index in [1.165, 1.54) is 51.4 Å².